The van der Waals surface area contributed by atoms with Crippen LogP contribution in [0, 0.1) is 0 Å². The number of esters is 1. The van der Waals surface area contributed by atoms with Crippen molar-refractivity contribution in [1.29, 1.82) is 0 Å². The Morgan fingerprint density at radius 3 is 2.57 bits per heavy atom. The Morgan fingerprint density at radius 2 is 2.00 bits per heavy atom. The number of oxazole rings is 1. The fourth-order valence-electron chi connectivity index (χ4n) is 1.57. The third-order valence-electron chi connectivity index (χ3n) is 2.38. The van der Waals surface area contributed by atoms with Gasteiger partial charge in [0, 0.05) is 17.5 Å². The van der Waals surface area contributed by atoms with Gasteiger partial charge in [-0.15, -0.1) is 0 Å². The highest BCUT2D eigenvalue weighted by Gasteiger charge is 2.37. The molecule has 1 heterocycles. The molecule has 0 aliphatic heterocycles. The first-order valence-corrected chi connectivity index (χ1v) is 6.36. The summed E-state index contributed by atoms with van der Waals surface area (Å²) in [6, 6.07) is 3.75. The highest BCUT2D eigenvalue weighted by Crippen LogP contribution is 2.29. The molecule has 1 amide bonds. The summed E-state index contributed by atoms with van der Waals surface area (Å²) in [4.78, 5) is 26.0. The zero-order chi connectivity index (χ0) is 17.2. The fourth-order valence-corrected chi connectivity index (χ4v) is 1.79. The van der Waals surface area contributed by atoms with E-state index >= 15 is 0 Å². The minimum Gasteiger partial charge on any atom is -0.439 e. The normalized spacial score (nSPS) is 11.2. The van der Waals surface area contributed by atoms with Gasteiger partial charge in [-0.25, -0.2) is 0 Å². The van der Waals surface area contributed by atoms with Crippen LogP contribution in [0.2, 0.25) is 5.02 Å². The van der Waals surface area contributed by atoms with E-state index in [1.807, 2.05) is 0 Å². The van der Waals surface area contributed by atoms with E-state index in [0.29, 0.717) is 6.26 Å². The lowest BCUT2D eigenvalue weighted by atomic mass is 10.2. The third kappa shape index (κ3) is 4.46. The molecular formula is C13H8ClF3N2O4. The zero-order valence-electron chi connectivity index (χ0n) is 11.4. The number of hydrogen-bond acceptors (Lipinski definition) is 5. The number of anilines is 1. The number of rotatable bonds is 3. The van der Waals surface area contributed by atoms with Crippen LogP contribution in [0.25, 0.3) is 0 Å². The number of aromatic nitrogens is 1. The first kappa shape index (κ1) is 16.8. The molecule has 0 spiro atoms. The second-order valence-electron chi connectivity index (χ2n) is 4.26. The Hall–Kier alpha value is -2.55. The van der Waals surface area contributed by atoms with E-state index in [1.165, 1.54) is 18.2 Å². The van der Waals surface area contributed by atoms with E-state index in [-0.39, 0.29) is 16.3 Å². The maximum Gasteiger partial charge on any atom is 0.469 e. The minimum atomic E-state index is -4.76. The van der Waals surface area contributed by atoms with Crippen LogP contribution < -0.4 is 10.1 Å². The number of amides is 1. The largest absolute Gasteiger partial charge is 0.469 e. The number of carbonyl (C=O) groups excluding carboxylic acids is 2. The average Bonchev–Trinajstić information content (AvgIpc) is 2.85. The Kier molecular flexibility index (Phi) is 4.60. The van der Waals surface area contributed by atoms with Crippen molar-refractivity contribution in [3.8, 4) is 5.75 Å². The number of nitrogens with zero attached hydrogens (tertiary/aromatic N) is 1. The van der Waals surface area contributed by atoms with Gasteiger partial charge in [0.2, 0.25) is 0 Å². The highest BCUT2D eigenvalue weighted by atomic mass is 35.5. The SMILES string of the molecule is CC(=O)Oc1cc(Cl)cc(C(=O)Nc2coc(C(F)(F)F)n2)c1. The Bertz CT molecular complexity index is 758. The van der Waals surface area contributed by atoms with Crippen molar-refractivity contribution in [3.05, 3.63) is 40.9 Å². The molecular weight excluding hydrogens is 341 g/mol. The van der Waals surface area contributed by atoms with Crippen LogP contribution >= 0.6 is 11.6 Å². The van der Waals surface area contributed by atoms with Crippen LogP contribution in [0.5, 0.6) is 5.75 Å². The zero-order valence-corrected chi connectivity index (χ0v) is 12.2. The van der Waals surface area contributed by atoms with Crippen molar-refractivity contribution in [2.45, 2.75) is 13.1 Å². The van der Waals surface area contributed by atoms with Gasteiger partial charge in [0.15, 0.2) is 5.82 Å². The number of halogens is 4. The maximum absolute atomic E-state index is 12.4. The lowest BCUT2D eigenvalue weighted by Crippen LogP contribution is -2.13. The molecule has 0 saturated carbocycles. The summed E-state index contributed by atoms with van der Waals surface area (Å²) >= 11 is 5.79. The molecule has 2 rings (SSSR count). The van der Waals surface area contributed by atoms with E-state index in [9.17, 15) is 22.8 Å². The van der Waals surface area contributed by atoms with E-state index in [2.05, 4.69) is 14.7 Å². The van der Waals surface area contributed by atoms with Gasteiger partial charge in [-0.1, -0.05) is 11.6 Å². The molecule has 1 aromatic heterocycles. The molecule has 0 fully saturated rings. The smallest absolute Gasteiger partial charge is 0.439 e. The molecule has 122 valence electrons. The molecule has 0 saturated heterocycles. The summed E-state index contributed by atoms with van der Waals surface area (Å²) in [6.45, 7) is 1.16. The second kappa shape index (κ2) is 6.29. The van der Waals surface area contributed by atoms with E-state index < -0.39 is 29.8 Å². The molecule has 1 aromatic carbocycles. The lowest BCUT2D eigenvalue weighted by Gasteiger charge is -2.06. The van der Waals surface area contributed by atoms with Gasteiger partial charge in [-0.2, -0.15) is 18.2 Å². The Labute approximate surface area is 132 Å². The molecule has 0 atom stereocenters. The van der Waals surface area contributed by atoms with Crippen molar-refractivity contribution in [1.82, 2.24) is 4.98 Å². The van der Waals surface area contributed by atoms with Crippen LogP contribution in [0.15, 0.2) is 28.9 Å². The average molecular weight is 349 g/mol. The summed E-state index contributed by atoms with van der Waals surface area (Å²) in [6.07, 6.45) is -4.11. The number of ether oxygens (including phenoxy) is 1. The molecule has 10 heteroatoms. The van der Waals surface area contributed by atoms with Crippen LogP contribution in [0.1, 0.15) is 23.2 Å². The summed E-state index contributed by atoms with van der Waals surface area (Å²) in [5, 5.41) is 2.22. The topological polar surface area (TPSA) is 81.4 Å². The van der Waals surface area contributed by atoms with E-state index in [4.69, 9.17) is 16.3 Å². The van der Waals surface area contributed by atoms with Crippen molar-refractivity contribution < 1.29 is 31.9 Å². The molecule has 0 aliphatic rings. The first-order valence-electron chi connectivity index (χ1n) is 5.98. The highest BCUT2D eigenvalue weighted by molar-refractivity contribution is 6.31. The predicted octanol–water partition coefficient (Wildman–Crippen LogP) is 3.52. The molecule has 0 aliphatic carbocycles. The maximum atomic E-state index is 12.4. The molecule has 0 unspecified atom stereocenters. The number of alkyl halides is 3. The number of benzene rings is 1. The minimum absolute atomic E-state index is 0.0197. The van der Waals surface area contributed by atoms with Crippen LogP contribution in [0.3, 0.4) is 0 Å². The van der Waals surface area contributed by atoms with Gasteiger partial charge in [-0.05, 0) is 18.2 Å². The van der Waals surface area contributed by atoms with Gasteiger partial charge in [0.25, 0.3) is 5.91 Å². The summed E-state index contributed by atoms with van der Waals surface area (Å²) in [7, 11) is 0. The van der Waals surface area contributed by atoms with E-state index in [1.54, 1.807) is 0 Å². The molecule has 1 N–H and O–H groups in total. The monoisotopic (exact) mass is 348 g/mol. The van der Waals surface area contributed by atoms with Gasteiger partial charge in [0.05, 0.1) is 0 Å². The van der Waals surface area contributed by atoms with Crippen molar-refractivity contribution in [2.75, 3.05) is 5.32 Å². The Morgan fingerprint density at radius 1 is 1.30 bits per heavy atom. The molecule has 23 heavy (non-hydrogen) atoms. The number of nitrogens with one attached hydrogen (secondary N) is 1. The summed E-state index contributed by atoms with van der Waals surface area (Å²) in [5.74, 6) is -3.31. The van der Waals surface area contributed by atoms with Crippen molar-refractivity contribution in [2.24, 2.45) is 0 Å². The second-order valence-corrected chi connectivity index (χ2v) is 4.70. The summed E-state index contributed by atoms with van der Waals surface area (Å²) in [5.41, 5.74) is -0.0368. The Balaban J connectivity index is 2.19. The third-order valence-corrected chi connectivity index (χ3v) is 2.60. The number of hydrogen-bond donors (Lipinski definition) is 1. The van der Waals surface area contributed by atoms with Gasteiger partial charge < -0.3 is 14.5 Å². The molecule has 2 aromatic rings. The van der Waals surface area contributed by atoms with Crippen molar-refractivity contribution >= 4 is 29.3 Å². The van der Waals surface area contributed by atoms with Crippen molar-refractivity contribution in [3.63, 3.8) is 0 Å². The first-order chi connectivity index (χ1) is 10.6. The predicted molar refractivity (Wildman–Crippen MR) is 72.2 cm³/mol. The fraction of sp³-hybridized carbons (Fsp3) is 0.154. The molecule has 6 nitrogen and oxygen atoms in total. The van der Waals surface area contributed by atoms with E-state index in [0.717, 1.165) is 6.92 Å². The quantitative estimate of drug-likeness (QED) is 0.678. The molecule has 0 bridgehead atoms. The van der Waals surface area contributed by atoms with Gasteiger partial charge >= 0.3 is 18.0 Å². The van der Waals surface area contributed by atoms with Crippen LogP contribution in [-0.2, 0) is 11.0 Å². The van der Waals surface area contributed by atoms with Gasteiger partial charge in [0.1, 0.15) is 12.0 Å². The van der Waals surface area contributed by atoms with Gasteiger partial charge in [-0.3, -0.25) is 9.59 Å². The van der Waals surface area contributed by atoms with Crippen LogP contribution in [0.4, 0.5) is 19.0 Å². The molecule has 0 radical (unpaired) electrons. The van der Waals surface area contributed by atoms with Crippen LogP contribution in [-0.4, -0.2) is 16.9 Å². The lowest BCUT2D eigenvalue weighted by molar-refractivity contribution is -0.157. The summed E-state index contributed by atoms with van der Waals surface area (Å²) < 4.78 is 46.1. The number of carbonyl (C=O) groups is 2. The standard InChI is InChI=1S/C13H8ClF3N2O4/c1-6(20)23-9-3-7(2-8(14)4-9)11(21)18-10-5-22-12(19-10)13(15,16)17/h2-5H,1H3,(H,18,21).